The Morgan fingerprint density at radius 1 is 1.12 bits per heavy atom. The monoisotopic (exact) mass is 284 g/mol. The number of hydrogen-bond acceptors (Lipinski definition) is 0. The number of fused-ring (bicyclic) bond motifs is 1. The lowest BCUT2D eigenvalue weighted by Gasteiger charge is -2.13. The van der Waals surface area contributed by atoms with Gasteiger partial charge in [-0.25, -0.2) is 0 Å². The Labute approximate surface area is 110 Å². The van der Waals surface area contributed by atoms with E-state index < -0.39 is 0 Å². The number of hydrogen-bond donors (Lipinski definition) is 0. The van der Waals surface area contributed by atoms with E-state index >= 15 is 0 Å². The maximum absolute atomic E-state index is 3.71. The summed E-state index contributed by atoms with van der Waals surface area (Å²) >= 11 is 3.71. The third-order valence-electron chi connectivity index (χ3n) is 3.35. The van der Waals surface area contributed by atoms with Gasteiger partial charge < -0.3 is 0 Å². The molecule has 0 N–H and O–H groups in total. The van der Waals surface area contributed by atoms with Crippen molar-refractivity contribution in [2.45, 2.75) is 13.3 Å². The van der Waals surface area contributed by atoms with Crippen molar-refractivity contribution in [1.82, 2.24) is 0 Å². The van der Waals surface area contributed by atoms with Crippen LogP contribution in [0.5, 0.6) is 0 Å². The molecule has 0 aromatic heterocycles. The standard InChI is InChI=1S/C16H13Br/c1-11-14-9-5-8-13(14)10-15(17)16(11)12-6-3-2-4-7-12/h2-7,9-10H,8H2,1H3. The zero-order chi connectivity index (χ0) is 11.8. The summed E-state index contributed by atoms with van der Waals surface area (Å²) in [6.07, 6.45) is 5.53. The van der Waals surface area contributed by atoms with Crippen molar-refractivity contribution in [3.05, 3.63) is 63.6 Å². The van der Waals surface area contributed by atoms with Crippen molar-refractivity contribution in [3.8, 4) is 11.1 Å². The summed E-state index contributed by atoms with van der Waals surface area (Å²) in [6.45, 7) is 2.21. The second-order valence-corrected chi connectivity index (χ2v) is 5.26. The van der Waals surface area contributed by atoms with E-state index in [-0.39, 0.29) is 0 Å². The molecule has 3 rings (SSSR count). The number of allylic oxidation sites excluding steroid dienone is 1. The molecule has 0 unspecified atom stereocenters. The van der Waals surface area contributed by atoms with Crippen molar-refractivity contribution in [3.63, 3.8) is 0 Å². The molecule has 0 spiro atoms. The highest BCUT2D eigenvalue weighted by atomic mass is 79.9. The van der Waals surface area contributed by atoms with Crippen molar-refractivity contribution < 1.29 is 0 Å². The van der Waals surface area contributed by atoms with Crippen LogP contribution in [0.15, 0.2) is 46.9 Å². The van der Waals surface area contributed by atoms with Crippen LogP contribution in [-0.4, -0.2) is 0 Å². The van der Waals surface area contributed by atoms with Gasteiger partial charge in [-0.3, -0.25) is 0 Å². The van der Waals surface area contributed by atoms with Crippen LogP contribution >= 0.6 is 15.9 Å². The van der Waals surface area contributed by atoms with Gasteiger partial charge in [0, 0.05) is 4.47 Å². The normalized spacial score (nSPS) is 12.8. The second-order valence-electron chi connectivity index (χ2n) is 4.40. The van der Waals surface area contributed by atoms with E-state index in [0.29, 0.717) is 0 Å². The van der Waals surface area contributed by atoms with Crippen LogP contribution in [0.4, 0.5) is 0 Å². The lowest BCUT2D eigenvalue weighted by molar-refractivity contribution is 1.27. The van der Waals surface area contributed by atoms with E-state index in [0.717, 1.165) is 6.42 Å². The fourth-order valence-electron chi connectivity index (χ4n) is 2.52. The SMILES string of the molecule is Cc1c2c(cc(Br)c1-c1ccccc1)CC=C2. The summed E-state index contributed by atoms with van der Waals surface area (Å²) in [6, 6.07) is 12.8. The first-order valence-electron chi connectivity index (χ1n) is 5.81. The molecule has 84 valence electrons. The molecule has 0 heterocycles. The highest BCUT2D eigenvalue weighted by molar-refractivity contribution is 9.10. The van der Waals surface area contributed by atoms with Gasteiger partial charge in [-0.15, -0.1) is 0 Å². The molecule has 2 aromatic rings. The van der Waals surface area contributed by atoms with Crippen molar-refractivity contribution >= 4 is 22.0 Å². The molecule has 1 aliphatic carbocycles. The average molecular weight is 285 g/mol. The van der Waals surface area contributed by atoms with E-state index in [1.165, 1.54) is 32.3 Å². The molecular weight excluding hydrogens is 272 g/mol. The molecule has 1 heteroatoms. The van der Waals surface area contributed by atoms with E-state index in [1.807, 2.05) is 0 Å². The van der Waals surface area contributed by atoms with Crippen LogP contribution in [0.2, 0.25) is 0 Å². The Kier molecular flexibility index (Phi) is 2.64. The molecule has 0 saturated carbocycles. The number of halogens is 1. The van der Waals surface area contributed by atoms with E-state index in [9.17, 15) is 0 Å². The lowest BCUT2D eigenvalue weighted by Crippen LogP contribution is -1.92. The number of benzene rings is 2. The molecule has 0 atom stereocenters. The molecule has 2 aromatic carbocycles. The molecule has 17 heavy (non-hydrogen) atoms. The van der Waals surface area contributed by atoms with E-state index in [2.05, 4.69) is 71.4 Å². The summed E-state index contributed by atoms with van der Waals surface area (Å²) in [4.78, 5) is 0. The molecule has 0 bridgehead atoms. The first kappa shape index (κ1) is 10.8. The zero-order valence-electron chi connectivity index (χ0n) is 9.70. The lowest BCUT2D eigenvalue weighted by atomic mass is 9.94. The van der Waals surface area contributed by atoms with Crippen LogP contribution in [0.3, 0.4) is 0 Å². The highest BCUT2D eigenvalue weighted by Crippen LogP contribution is 2.37. The fraction of sp³-hybridized carbons (Fsp3) is 0.125. The number of rotatable bonds is 1. The maximum Gasteiger partial charge on any atom is 0.0259 e. The van der Waals surface area contributed by atoms with Crippen molar-refractivity contribution in [1.29, 1.82) is 0 Å². The molecular formula is C16H13Br. The minimum Gasteiger partial charge on any atom is -0.0795 e. The minimum absolute atomic E-state index is 1.06. The van der Waals surface area contributed by atoms with Gasteiger partial charge in [-0.1, -0.05) is 58.4 Å². The van der Waals surface area contributed by atoms with Crippen LogP contribution in [0.1, 0.15) is 16.7 Å². The van der Waals surface area contributed by atoms with Gasteiger partial charge in [0.25, 0.3) is 0 Å². The Balaban J connectivity index is 2.28. The first-order valence-corrected chi connectivity index (χ1v) is 6.60. The van der Waals surface area contributed by atoms with E-state index in [1.54, 1.807) is 0 Å². The molecule has 0 radical (unpaired) electrons. The smallest absolute Gasteiger partial charge is 0.0259 e. The second kappa shape index (κ2) is 4.15. The predicted molar refractivity (Wildman–Crippen MR) is 77.1 cm³/mol. The third-order valence-corrected chi connectivity index (χ3v) is 3.97. The Morgan fingerprint density at radius 2 is 1.88 bits per heavy atom. The van der Waals surface area contributed by atoms with Gasteiger partial charge in [-0.2, -0.15) is 0 Å². The quantitative estimate of drug-likeness (QED) is 0.692. The summed E-state index contributed by atoms with van der Waals surface area (Å²) in [5, 5.41) is 0. The van der Waals surface area contributed by atoms with Gasteiger partial charge in [0.15, 0.2) is 0 Å². The van der Waals surface area contributed by atoms with Crippen molar-refractivity contribution in [2.75, 3.05) is 0 Å². The molecule has 0 fully saturated rings. The van der Waals surface area contributed by atoms with Gasteiger partial charge in [-0.05, 0) is 47.2 Å². The fourth-order valence-corrected chi connectivity index (χ4v) is 3.32. The van der Waals surface area contributed by atoms with E-state index in [4.69, 9.17) is 0 Å². The molecule has 0 nitrogen and oxygen atoms in total. The summed E-state index contributed by atoms with van der Waals surface area (Å²) in [5.74, 6) is 0. The van der Waals surface area contributed by atoms with Gasteiger partial charge in [0.2, 0.25) is 0 Å². The van der Waals surface area contributed by atoms with Crippen LogP contribution in [0.25, 0.3) is 17.2 Å². The molecule has 1 aliphatic rings. The summed E-state index contributed by atoms with van der Waals surface area (Å²) in [5.41, 5.74) is 6.78. The molecule has 0 aliphatic heterocycles. The maximum atomic E-state index is 3.71. The summed E-state index contributed by atoms with van der Waals surface area (Å²) in [7, 11) is 0. The predicted octanol–water partition coefficient (Wildman–Crippen LogP) is 4.99. The topological polar surface area (TPSA) is 0 Å². The Morgan fingerprint density at radius 3 is 2.65 bits per heavy atom. The molecule has 0 amide bonds. The average Bonchev–Trinajstić information content (AvgIpc) is 2.78. The third kappa shape index (κ3) is 1.75. The Bertz CT molecular complexity index is 595. The van der Waals surface area contributed by atoms with Crippen LogP contribution in [-0.2, 0) is 6.42 Å². The Hall–Kier alpha value is -1.34. The van der Waals surface area contributed by atoms with Crippen LogP contribution in [0, 0.1) is 6.92 Å². The largest absolute Gasteiger partial charge is 0.0795 e. The van der Waals surface area contributed by atoms with Gasteiger partial charge >= 0.3 is 0 Å². The minimum atomic E-state index is 1.06. The molecule has 0 saturated heterocycles. The summed E-state index contributed by atoms with van der Waals surface area (Å²) < 4.78 is 1.20. The van der Waals surface area contributed by atoms with Crippen molar-refractivity contribution in [2.24, 2.45) is 0 Å². The van der Waals surface area contributed by atoms with Gasteiger partial charge in [0.1, 0.15) is 0 Å². The zero-order valence-corrected chi connectivity index (χ0v) is 11.3. The van der Waals surface area contributed by atoms with Gasteiger partial charge in [0.05, 0.1) is 0 Å². The highest BCUT2D eigenvalue weighted by Gasteiger charge is 2.15. The van der Waals surface area contributed by atoms with Crippen LogP contribution < -0.4 is 0 Å². The first-order chi connectivity index (χ1) is 8.27.